The Morgan fingerprint density at radius 1 is 1.39 bits per heavy atom. The maximum absolute atomic E-state index is 12.0. The first kappa shape index (κ1) is 14.0. The predicted octanol–water partition coefficient (Wildman–Crippen LogP) is 0.644. The maximum atomic E-state index is 12.0. The Bertz CT molecular complexity index is 759. The van der Waals surface area contributed by atoms with Crippen molar-refractivity contribution in [3.8, 4) is 0 Å². The van der Waals surface area contributed by atoms with Gasteiger partial charge in [-0.05, 0) is 40.8 Å². The number of hydrogen-bond acceptors (Lipinski definition) is 5. The smallest absolute Gasteiger partial charge is 0.209 e. The Morgan fingerprint density at radius 3 is 2.56 bits per heavy atom. The fraction of sp³-hybridized carbons (Fsp3) is 0. The summed E-state index contributed by atoms with van der Waals surface area (Å²) in [6.07, 6.45) is 0. The fourth-order valence-electron chi connectivity index (χ4n) is 1.35. The van der Waals surface area contributed by atoms with E-state index in [1.165, 1.54) is 18.2 Å². The summed E-state index contributed by atoms with van der Waals surface area (Å²) in [6.45, 7) is 0. The number of fused-ring (bicyclic) bond motifs is 1. The van der Waals surface area contributed by atoms with Crippen LogP contribution in [-0.4, -0.2) is 24.4 Å². The van der Waals surface area contributed by atoms with E-state index in [1.54, 1.807) is 22.6 Å². The summed E-state index contributed by atoms with van der Waals surface area (Å²) in [7, 11) is -8.82. The van der Waals surface area contributed by atoms with Crippen LogP contribution in [0.2, 0.25) is 5.02 Å². The molecule has 18 heavy (non-hydrogen) atoms. The molecule has 1 aromatic rings. The Balaban J connectivity index is 2.82. The summed E-state index contributed by atoms with van der Waals surface area (Å²) in [4.78, 5) is -0.208. The third-order valence-electron chi connectivity index (χ3n) is 2.03. The molecule has 0 bridgehead atoms. The van der Waals surface area contributed by atoms with Crippen LogP contribution in [-0.2, 0) is 20.2 Å². The van der Waals surface area contributed by atoms with E-state index in [1.807, 2.05) is 0 Å². The Labute approximate surface area is 122 Å². The number of hydrazone groups is 1. The summed E-state index contributed by atoms with van der Waals surface area (Å²) in [6, 6.07) is 3.94. The van der Waals surface area contributed by atoms with Gasteiger partial charge in [0.05, 0.1) is 0 Å². The van der Waals surface area contributed by atoms with Crippen LogP contribution in [0.25, 0.3) is 0 Å². The van der Waals surface area contributed by atoms with Gasteiger partial charge in [0, 0.05) is 10.6 Å². The van der Waals surface area contributed by atoms with Gasteiger partial charge in [0.15, 0.2) is 0 Å². The summed E-state index contributed by atoms with van der Waals surface area (Å²) in [5.41, 5.74) is 0.239. The lowest BCUT2D eigenvalue weighted by Crippen LogP contribution is -2.40. The van der Waals surface area contributed by atoms with Gasteiger partial charge in [0.1, 0.15) is 8.61 Å². The number of hydrogen-bond donors (Lipinski definition) is 1. The first-order valence-corrected chi connectivity index (χ1v) is 8.66. The molecule has 2 N–H and O–H groups in total. The molecule has 1 heterocycles. The molecule has 0 aromatic heterocycles. The molecule has 0 saturated carbocycles. The number of sulfonamides is 1. The molecule has 1 aliphatic heterocycles. The zero-order valence-electron chi connectivity index (χ0n) is 8.41. The highest BCUT2D eigenvalue weighted by atomic mass is 127. The largest absolute Gasteiger partial charge is 0.328 e. The van der Waals surface area contributed by atoms with Gasteiger partial charge in [-0.25, -0.2) is 5.14 Å². The van der Waals surface area contributed by atoms with Gasteiger partial charge in [0.2, 0.25) is 0 Å². The van der Waals surface area contributed by atoms with Gasteiger partial charge in [0.25, 0.3) is 10.0 Å². The predicted molar refractivity (Wildman–Crippen MR) is 74.1 cm³/mol. The molecule has 0 unspecified atom stereocenters. The van der Waals surface area contributed by atoms with Crippen LogP contribution >= 0.6 is 34.2 Å². The lowest BCUT2D eigenvalue weighted by molar-refractivity contribution is 0.507. The number of rotatable bonds is 1. The number of benzene rings is 1. The molecule has 7 nitrogen and oxygen atoms in total. The van der Waals surface area contributed by atoms with Gasteiger partial charge in [-0.1, -0.05) is 15.4 Å². The molecular formula is C7H5ClIN3O4S2. The Morgan fingerprint density at radius 2 is 2.00 bits per heavy atom. The molecule has 11 heteroatoms. The zero-order chi connectivity index (χ0) is 13.7. The minimum absolute atomic E-state index is 0.0992. The van der Waals surface area contributed by atoms with Crippen molar-refractivity contribution in [2.45, 2.75) is 4.90 Å². The van der Waals surface area contributed by atoms with Crippen molar-refractivity contribution in [1.29, 1.82) is 0 Å². The molecule has 2 rings (SSSR count). The van der Waals surface area contributed by atoms with Crippen molar-refractivity contribution < 1.29 is 16.8 Å². The first-order valence-electron chi connectivity index (χ1n) is 4.26. The van der Waals surface area contributed by atoms with Crippen molar-refractivity contribution in [2.24, 2.45) is 10.2 Å². The SMILES string of the molecule is NS(=O)(=O)N1N=C(I)c2cc(Cl)ccc2S1(=O)=O. The van der Waals surface area contributed by atoms with Gasteiger partial charge >= 0.3 is 10.2 Å². The molecule has 0 fully saturated rings. The summed E-state index contributed by atoms with van der Waals surface area (Å²) < 4.78 is 46.5. The summed E-state index contributed by atoms with van der Waals surface area (Å²) >= 11 is 7.45. The molecule has 1 aromatic carbocycles. The van der Waals surface area contributed by atoms with Crippen molar-refractivity contribution in [2.75, 3.05) is 0 Å². The van der Waals surface area contributed by atoms with Gasteiger partial charge < -0.3 is 0 Å². The van der Waals surface area contributed by atoms with Crippen LogP contribution < -0.4 is 5.14 Å². The monoisotopic (exact) mass is 421 g/mol. The Kier molecular flexibility index (Phi) is 3.34. The average Bonchev–Trinajstić information content (AvgIpc) is 2.21. The highest BCUT2D eigenvalue weighted by molar-refractivity contribution is 14.1. The van der Waals surface area contributed by atoms with E-state index in [-0.39, 0.29) is 18.0 Å². The lowest BCUT2D eigenvalue weighted by atomic mass is 10.2. The molecule has 0 spiro atoms. The summed E-state index contributed by atoms with van der Waals surface area (Å²) in [5.74, 6) is 0. The van der Waals surface area contributed by atoms with Crippen molar-refractivity contribution in [3.05, 3.63) is 28.8 Å². The minimum atomic E-state index is -4.50. The number of halogens is 2. The van der Waals surface area contributed by atoms with E-state index >= 15 is 0 Å². The third kappa shape index (κ3) is 2.22. The molecule has 0 aliphatic carbocycles. The highest BCUT2D eigenvalue weighted by Crippen LogP contribution is 2.31. The topological polar surface area (TPSA) is 110 Å². The molecule has 0 amide bonds. The molecule has 0 radical (unpaired) electrons. The molecule has 0 atom stereocenters. The normalized spacial score (nSPS) is 18.2. The van der Waals surface area contributed by atoms with E-state index in [0.29, 0.717) is 5.02 Å². The number of nitrogens with zero attached hydrogens (tertiary/aromatic N) is 2. The summed E-state index contributed by atoms with van der Waals surface area (Å²) in [5, 5.41) is 8.60. The van der Waals surface area contributed by atoms with Crippen LogP contribution in [0, 0.1) is 0 Å². The minimum Gasteiger partial charge on any atom is -0.209 e. The molecule has 98 valence electrons. The standard InChI is InChI=1S/C7H5ClIN3O4S2/c8-4-1-2-6-5(3-4)7(9)11-12(17(6,13)14)18(10,15)16/h1-3H,(H2,10,15,16). The van der Waals surface area contributed by atoms with E-state index in [2.05, 4.69) is 5.10 Å². The lowest BCUT2D eigenvalue weighted by Gasteiger charge is -2.22. The van der Waals surface area contributed by atoms with Crippen molar-refractivity contribution in [1.82, 2.24) is 3.82 Å². The van der Waals surface area contributed by atoms with E-state index in [0.717, 1.165) is 0 Å². The van der Waals surface area contributed by atoms with Gasteiger partial charge in [-0.3, -0.25) is 0 Å². The van der Waals surface area contributed by atoms with Crippen LogP contribution in [0.5, 0.6) is 0 Å². The molecule has 1 aliphatic rings. The van der Waals surface area contributed by atoms with Gasteiger partial charge in [-0.2, -0.15) is 16.8 Å². The van der Waals surface area contributed by atoms with Crippen LogP contribution in [0.4, 0.5) is 0 Å². The van der Waals surface area contributed by atoms with Crippen LogP contribution in [0.1, 0.15) is 5.56 Å². The van der Waals surface area contributed by atoms with Crippen LogP contribution in [0.15, 0.2) is 28.2 Å². The second kappa shape index (κ2) is 4.30. The van der Waals surface area contributed by atoms with Crippen molar-refractivity contribution >= 4 is 58.1 Å². The van der Waals surface area contributed by atoms with E-state index < -0.39 is 20.2 Å². The Hall–Kier alpha value is -0.430. The van der Waals surface area contributed by atoms with E-state index in [9.17, 15) is 16.8 Å². The zero-order valence-corrected chi connectivity index (χ0v) is 13.0. The first-order chi connectivity index (χ1) is 8.14. The maximum Gasteiger partial charge on any atom is 0.328 e. The van der Waals surface area contributed by atoms with Crippen molar-refractivity contribution in [3.63, 3.8) is 0 Å². The number of nitrogens with two attached hydrogens (primary N) is 1. The second-order valence-corrected chi connectivity index (χ2v) is 8.06. The third-order valence-corrected chi connectivity index (χ3v) is 6.20. The van der Waals surface area contributed by atoms with Gasteiger partial charge in [-0.15, -0.1) is 5.10 Å². The molecular weight excluding hydrogens is 417 g/mol. The second-order valence-electron chi connectivity index (χ2n) is 3.26. The highest BCUT2D eigenvalue weighted by Gasteiger charge is 2.38. The quantitative estimate of drug-likeness (QED) is 0.671. The average molecular weight is 422 g/mol. The van der Waals surface area contributed by atoms with Crippen LogP contribution in [0.3, 0.4) is 0 Å². The van der Waals surface area contributed by atoms with E-state index in [4.69, 9.17) is 16.7 Å². The fourth-order valence-corrected chi connectivity index (χ4v) is 5.22. The molecule has 0 saturated heterocycles.